The van der Waals surface area contributed by atoms with Gasteiger partial charge in [0.2, 0.25) is 0 Å². The van der Waals surface area contributed by atoms with Crippen molar-refractivity contribution in [3.05, 3.63) is 0 Å². The molecule has 26 heavy (non-hydrogen) atoms. The van der Waals surface area contributed by atoms with Crippen LogP contribution in [0.15, 0.2) is 0 Å². The minimum Gasteiger partial charge on any atom is -0.480 e. The van der Waals surface area contributed by atoms with Crippen LogP contribution in [0.5, 0.6) is 0 Å². The Kier molecular flexibility index (Phi) is 9.08. The lowest BCUT2D eigenvalue weighted by Gasteiger charge is -2.37. The highest BCUT2D eigenvalue weighted by Crippen LogP contribution is 2.24. The molecule has 5 atom stereocenters. The number of hydrogen-bond donors (Lipinski definition) is 4. The molecule has 0 bridgehead atoms. The van der Waals surface area contributed by atoms with Crippen molar-refractivity contribution in [1.29, 1.82) is 0 Å². The van der Waals surface area contributed by atoms with E-state index in [0.717, 1.165) is 13.0 Å². The number of Topliss-reactive ketones (excluding diaryl/α,β-unsaturated/α-hetero) is 1. The summed E-state index contributed by atoms with van der Waals surface area (Å²) in [5, 5.41) is 37.9. The molecular weight excluding hydrogens is 344 g/mol. The largest absolute Gasteiger partial charge is 0.480 e. The maximum Gasteiger partial charge on any atom is 0.328 e. The SMILES string of the molecule is C.CC(=O)C(C(=O)O)N1CCN(CCCC2OC(CO)C(O)C2O)CC1. The second-order valence-electron chi connectivity index (χ2n) is 6.75. The maximum absolute atomic E-state index is 11.5. The number of nitrogens with zero attached hydrogens (tertiary/aromatic N) is 2. The summed E-state index contributed by atoms with van der Waals surface area (Å²) in [6.07, 6.45) is -1.94. The van der Waals surface area contributed by atoms with Gasteiger partial charge in [0.1, 0.15) is 18.3 Å². The molecule has 2 aliphatic rings. The van der Waals surface area contributed by atoms with E-state index in [4.69, 9.17) is 14.9 Å². The highest BCUT2D eigenvalue weighted by atomic mass is 16.6. The Morgan fingerprint density at radius 1 is 1.12 bits per heavy atom. The summed E-state index contributed by atoms with van der Waals surface area (Å²) in [5.74, 6) is -1.46. The van der Waals surface area contributed by atoms with Gasteiger partial charge in [-0.05, 0) is 26.3 Å². The Morgan fingerprint density at radius 2 is 1.69 bits per heavy atom. The van der Waals surface area contributed by atoms with Gasteiger partial charge in [-0.2, -0.15) is 0 Å². The zero-order chi connectivity index (χ0) is 18.6. The molecule has 152 valence electrons. The van der Waals surface area contributed by atoms with Crippen LogP contribution in [0.4, 0.5) is 0 Å². The lowest BCUT2D eigenvalue weighted by Crippen LogP contribution is -2.55. The number of aliphatic hydroxyl groups excluding tert-OH is 3. The third-order valence-electron chi connectivity index (χ3n) is 5.00. The summed E-state index contributed by atoms with van der Waals surface area (Å²) in [4.78, 5) is 26.5. The second-order valence-corrected chi connectivity index (χ2v) is 6.75. The smallest absolute Gasteiger partial charge is 0.328 e. The first-order valence-corrected chi connectivity index (χ1v) is 8.67. The van der Waals surface area contributed by atoms with Crippen LogP contribution < -0.4 is 0 Å². The van der Waals surface area contributed by atoms with Crippen LogP contribution in [-0.2, 0) is 14.3 Å². The molecule has 0 aromatic rings. The molecule has 5 unspecified atom stereocenters. The number of carbonyl (C=O) groups excluding carboxylic acids is 1. The Morgan fingerprint density at radius 3 is 2.15 bits per heavy atom. The minimum atomic E-state index is -1.11. The Hall–Kier alpha value is -1.10. The number of ether oxygens (including phenoxy) is 1. The van der Waals surface area contributed by atoms with Crippen molar-refractivity contribution in [3.63, 3.8) is 0 Å². The number of aliphatic hydroxyl groups is 3. The highest BCUT2D eigenvalue weighted by Gasteiger charge is 2.41. The van der Waals surface area contributed by atoms with Crippen LogP contribution in [0.25, 0.3) is 0 Å². The molecule has 0 radical (unpaired) electrons. The average molecular weight is 376 g/mol. The van der Waals surface area contributed by atoms with Crippen LogP contribution >= 0.6 is 0 Å². The van der Waals surface area contributed by atoms with Crippen LogP contribution in [0, 0.1) is 0 Å². The van der Waals surface area contributed by atoms with Gasteiger partial charge in [-0.1, -0.05) is 7.43 Å². The van der Waals surface area contributed by atoms with Gasteiger partial charge in [0, 0.05) is 26.2 Å². The van der Waals surface area contributed by atoms with Crippen molar-refractivity contribution in [1.82, 2.24) is 9.80 Å². The Balaban J connectivity index is 0.00000338. The van der Waals surface area contributed by atoms with Crippen molar-refractivity contribution < 1.29 is 34.8 Å². The quantitative estimate of drug-likeness (QED) is 0.376. The monoisotopic (exact) mass is 376 g/mol. The molecule has 2 saturated heterocycles. The van der Waals surface area contributed by atoms with Gasteiger partial charge >= 0.3 is 5.97 Å². The second kappa shape index (κ2) is 10.3. The molecule has 0 spiro atoms. The first-order valence-electron chi connectivity index (χ1n) is 8.67. The van der Waals surface area contributed by atoms with E-state index in [1.165, 1.54) is 6.92 Å². The molecule has 0 aromatic carbocycles. The average Bonchev–Trinajstić information content (AvgIpc) is 2.83. The summed E-state index contributed by atoms with van der Waals surface area (Å²) in [6, 6.07) is -1.07. The normalized spacial score (nSPS) is 31.4. The lowest BCUT2D eigenvalue weighted by atomic mass is 10.0. The zero-order valence-electron chi connectivity index (χ0n) is 14.5. The predicted molar refractivity (Wildman–Crippen MR) is 93.8 cm³/mol. The zero-order valence-corrected chi connectivity index (χ0v) is 14.5. The van der Waals surface area contributed by atoms with Crippen molar-refractivity contribution in [2.45, 2.75) is 57.6 Å². The van der Waals surface area contributed by atoms with E-state index in [-0.39, 0.29) is 19.8 Å². The number of piperazine rings is 1. The van der Waals surface area contributed by atoms with E-state index in [0.29, 0.717) is 32.6 Å². The van der Waals surface area contributed by atoms with E-state index in [2.05, 4.69) is 4.90 Å². The summed E-state index contributed by atoms with van der Waals surface area (Å²) in [6.45, 7) is 4.12. The van der Waals surface area contributed by atoms with E-state index in [1.807, 2.05) is 0 Å². The molecular formula is C17H32N2O7. The number of rotatable bonds is 8. The number of hydrogen-bond acceptors (Lipinski definition) is 8. The number of ketones is 1. The summed E-state index contributed by atoms with van der Waals surface area (Å²) >= 11 is 0. The first-order chi connectivity index (χ1) is 11.8. The molecule has 0 aromatic heterocycles. The number of carboxylic acid groups (broad SMARTS) is 1. The number of aliphatic carboxylic acids is 1. The molecule has 2 heterocycles. The summed E-state index contributed by atoms with van der Waals surface area (Å²) < 4.78 is 5.45. The van der Waals surface area contributed by atoms with E-state index in [9.17, 15) is 19.8 Å². The molecule has 0 aliphatic carbocycles. The van der Waals surface area contributed by atoms with E-state index >= 15 is 0 Å². The van der Waals surface area contributed by atoms with Gasteiger partial charge < -0.3 is 30.1 Å². The minimum absolute atomic E-state index is 0. The van der Waals surface area contributed by atoms with Gasteiger partial charge in [-0.3, -0.25) is 14.5 Å². The van der Waals surface area contributed by atoms with Gasteiger partial charge in [-0.25, -0.2) is 0 Å². The third kappa shape index (κ3) is 5.45. The van der Waals surface area contributed by atoms with Crippen molar-refractivity contribution in [3.8, 4) is 0 Å². The van der Waals surface area contributed by atoms with Crippen LogP contribution in [0.3, 0.4) is 0 Å². The van der Waals surface area contributed by atoms with Crippen LogP contribution in [-0.4, -0.2) is 112 Å². The van der Waals surface area contributed by atoms with Crippen LogP contribution in [0.1, 0.15) is 27.2 Å². The molecule has 4 N–H and O–H groups in total. The topological polar surface area (TPSA) is 131 Å². The molecule has 2 fully saturated rings. The fourth-order valence-corrected chi connectivity index (χ4v) is 3.56. The molecule has 9 heteroatoms. The number of carboxylic acids is 1. The maximum atomic E-state index is 11.5. The fraction of sp³-hybridized carbons (Fsp3) is 0.882. The third-order valence-corrected chi connectivity index (χ3v) is 5.00. The highest BCUT2D eigenvalue weighted by molar-refractivity contribution is 6.01. The predicted octanol–water partition coefficient (Wildman–Crippen LogP) is -1.46. The first kappa shape index (κ1) is 22.9. The Bertz CT molecular complexity index is 454. The summed E-state index contributed by atoms with van der Waals surface area (Å²) in [5.41, 5.74) is 0. The van der Waals surface area contributed by atoms with Gasteiger partial charge in [0.05, 0.1) is 12.7 Å². The molecule has 2 aliphatic heterocycles. The van der Waals surface area contributed by atoms with Crippen LogP contribution in [0.2, 0.25) is 0 Å². The lowest BCUT2D eigenvalue weighted by molar-refractivity contribution is -0.148. The summed E-state index contributed by atoms with van der Waals surface area (Å²) in [7, 11) is 0. The number of carbonyl (C=O) groups is 2. The van der Waals surface area contributed by atoms with E-state index in [1.54, 1.807) is 4.90 Å². The van der Waals surface area contributed by atoms with Gasteiger partial charge in [-0.15, -0.1) is 0 Å². The van der Waals surface area contributed by atoms with Crippen molar-refractivity contribution >= 4 is 11.8 Å². The van der Waals surface area contributed by atoms with Crippen molar-refractivity contribution in [2.75, 3.05) is 39.3 Å². The van der Waals surface area contributed by atoms with Crippen molar-refractivity contribution in [2.24, 2.45) is 0 Å². The van der Waals surface area contributed by atoms with E-state index < -0.39 is 36.4 Å². The molecule has 0 amide bonds. The molecule has 0 saturated carbocycles. The van der Waals surface area contributed by atoms with Gasteiger partial charge in [0.25, 0.3) is 0 Å². The standard InChI is InChI=1S/C16H28N2O7.CH4/c1-10(20)13(16(23)24)18-7-5-17(6-8-18)4-2-3-11-14(21)15(22)12(9-19)25-11;/h11-15,19,21-22H,2-9H2,1H3,(H,23,24);1H4. The molecule has 9 nitrogen and oxygen atoms in total. The van der Waals surface area contributed by atoms with Gasteiger partial charge in [0.15, 0.2) is 11.8 Å². The fourth-order valence-electron chi connectivity index (χ4n) is 3.56. The molecule has 2 rings (SSSR count). The Labute approximate surface area is 154 Å².